The van der Waals surface area contributed by atoms with E-state index >= 15 is 0 Å². The molecular weight excluding hydrogens is 787 g/mol. The lowest BCUT2D eigenvalue weighted by atomic mass is 9.52. The van der Waals surface area contributed by atoms with Crippen molar-refractivity contribution in [3.63, 3.8) is 0 Å². The highest BCUT2D eigenvalue weighted by molar-refractivity contribution is 8.78. The number of amides is 4. The van der Waals surface area contributed by atoms with E-state index in [4.69, 9.17) is 34.8 Å². The summed E-state index contributed by atoms with van der Waals surface area (Å²) in [5, 5.41) is 33.6. The maximum absolute atomic E-state index is 14.7. The lowest BCUT2D eigenvalue weighted by Gasteiger charge is -2.58. The minimum absolute atomic E-state index is 0.342. The summed E-state index contributed by atoms with van der Waals surface area (Å²) in [7, 11) is 7.98. The van der Waals surface area contributed by atoms with Crippen LogP contribution in [-0.2, 0) is 30.0 Å². The first-order chi connectivity index (χ1) is 23.6. The van der Waals surface area contributed by atoms with Gasteiger partial charge in [0, 0.05) is 25.5 Å². The molecule has 4 bridgehead atoms. The van der Waals surface area contributed by atoms with Crippen LogP contribution in [0.5, 0.6) is 0 Å². The Morgan fingerprint density at radius 3 is 1.34 bits per heavy atom. The molecule has 12 nitrogen and oxygen atoms in total. The molecule has 0 unspecified atom stereocenters. The van der Waals surface area contributed by atoms with Gasteiger partial charge in [-0.05, 0) is 58.7 Å². The smallest absolute Gasteiger partial charge is 0.264 e. The molecule has 4 N–H and O–H groups in total. The zero-order valence-electron chi connectivity index (χ0n) is 26.6. The molecule has 10 aliphatic heterocycles. The molecule has 12 rings (SSSR count). The van der Waals surface area contributed by atoms with Crippen molar-refractivity contribution in [1.29, 1.82) is 0 Å². The third kappa shape index (κ3) is 3.20. The Kier molecular flexibility index (Phi) is 6.92. The van der Waals surface area contributed by atoms with Gasteiger partial charge in [-0.15, -0.1) is 0 Å². The van der Waals surface area contributed by atoms with Crippen LogP contribution in [0.25, 0.3) is 0 Å². The van der Waals surface area contributed by atoms with Crippen molar-refractivity contribution < 1.29 is 29.4 Å². The average molecular weight is 816 g/mol. The summed E-state index contributed by atoms with van der Waals surface area (Å²) in [5.41, 5.74) is -0.775. The molecule has 50 heavy (non-hydrogen) atoms. The van der Waals surface area contributed by atoms with Crippen molar-refractivity contribution in [3.05, 3.63) is 59.7 Å². The summed E-state index contributed by atoms with van der Waals surface area (Å²) < 4.78 is -0.750. The van der Waals surface area contributed by atoms with Crippen molar-refractivity contribution in [3.8, 4) is 0 Å². The van der Waals surface area contributed by atoms with Gasteiger partial charge in [0.2, 0.25) is 9.74 Å². The topological polar surface area (TPSA) is 146 Å². The number of hydrogen-bond acceptors (Lipinski definition) is 12. The number of para-hydroxylation sites is 2. The van der Waals surface area contributed by atoms with Crippen LogP contribution in [0.1, 0.15) is 25.0 Å². The van der Waals surface area contributed by atoms with E-state index in [1.54, 1.807) is 27.9 Å². The summed E-state index contributed by atoms with van der Waals surface area (Å²) in [6, 6.07) is 14.8. The second-order valence-electron chi connectivity index (χ2n) is 13.7. The number of aliphatic hydroxyl groups is 2. The second kappa shape index (κ2) is 10.2. The predicted octanol–water partition coefficient (Wildman–Crippen LogP) is 3.32. The fraction of sp³-hybridized carbons (Fsp3) is 0.484. The van der Waals surface area contributed by atoms with E-state index in [9.17, 15) is 29.4 Å². The van der Waals surface area contributed by atoms with Crippen LogP contribution in [0.2, 0.25) is 0 Å². The number of piperazine rings is 2. The number of hydrogen-bond donors (Lipinski definition) is 4. The minimum Gasteiger partial charge on any atom is -0.388 e. The van der Waals surface area contributed by atoms with Crippen molar-refractivity contribution in [2.24, 2.45) is 0 Å². The molecule has 0 saturated carbocycles. The van der Waals surface area contributed by atoms with E-state index in [2.05, 4.69) is 10.6 Å². The Labute approximate surface area is 317 Å². The number of nitrogens with one attached hydrogen (secondary N) is 2. The normalized spacial score (nSPS) is 44.0. The van der Waals surface area contributed by atoms with Crippen LogP contribution in [0.3, 0.4) is 0 Å². The van der Waals surface area contributed by atoms with Crippen molar-refractivity contribution in [2.75, 3.05) is 24.7 Å². The monoisotopic (exact) mass is 814 g/mol. The molecule has 10 aliphatic rings. The van der Waals surface area contributed by atoms with Crippen LogP contribution in [0.15, 0.2) is 48.5 Å². The molecule has 264 valence electrons. The number of alkyl halides is 3. The Balaban J connectivity index is 0.000000801. The van der Waals surface area contributed by atoms with Crippen LogP contribution >= 0.6 is 78.0 Å². The van der Waals surface area contributed by atoms with Gasteiger partial charge in [0.25, 0.3) is 23.6 Å². The molecule has 8 saturated heterocycles. The van der Waals surface area contributed by atoms with Gasteiger partial charge in [0.15, 0.2) is 14.0 Å². The summed E-state index contributed by atoms with van der Waals surface area (Å²) in [6.07, 6.45) is -5.21. The highest BCUT2D eigenvalue weighted by Gasteiger charge is 2.92. The van der Waals surface area contributed by atoms with Gasteiger partial charge >= 0.3 is 0 Å². The number of carbonyl (C=O) groups is 4. The summed E-state index contributed by atoms with van der Waals surface area (Å²) >= 11 is 14.4. The maximum atomic E-state index is 14.7. The van der Waals surface area contributed by atoms with E-state index < -0.39 is 71.0 Å². The van der Waals surface area contributed by atoms with Crippen molar-refractivity contribution >= 4 is 113 Å². The summed E-state index contributed by atoms with van der Waals surface area (Å²) in [4.78, 5) is 58.2. The number of likely N-dealkylation sites (N-methyl/N-ethyl adjacent to an activating group) is 2. The lowest BCUT2D eigenvalue weighted by molar-refractivity contribution is -0.166. The molecule has 0 aliphatic carbocycles. The van der Waals surface area contributed by atoms with E-state index in [0.29, 0.717) is 22.5 Å². The predicted molar refractivity (Wildman–Crippen MR) is 196 cm³/mol. The molecular formula is C31H29Cl3N6O6S4. The van der Waals surface area contributed by atoms with Crippen LogP contribution < -0.4 is 10.6 Å². The molecule has 4 amide bonds. The van der Waals surface area contributed by atoms with E-state index in [0.717, 1.165) is 0 Å². The summed E-state index contributed by atoms with van der Waals surface area (Å²) in [5.74, 6) is -1.52. The zero-order chi connectivity index (χ0) is 35.7. The number of carbonyl (C=O) groups excluding carboxylic acids is 4. The number of anilines is 2. The molecule has 0 radical (unpaired) electrons. The third-order valence-electron chi connectivity index (χ3n) is 12.1. The Morgan fingerprint density at radius 1 is 0.640 bits per heavy atom. The van der Waals surface area contributed by atoms with E-state index in [-0.39, 0.29) is 11.8 Å². The number of fused-ring (bicyclic) bond motifs is 11. The van der Waals surface area contributed by atoms with Gasteiger partial charge < -0.3 is 30.6 Å². The number of benzene rings is 2. The average Bonchev–Trinajstić information content (AvgIpc) is 3.73. The Hall–Kier alpha value is -1.89. The number of nitrogens with zero attached hydrogens (tertiary/aromatic N) is 4. The standard InChI is InChI=1S/C30H28N6O6S4.CHCl3/c1-25-21(39)35-19-27(13-9-5-7-11-15(13)31-19,17(37)29(35,45-43-25)23(41)33(25)3)28-14-10-6-8-12-16(14)32-20(28)36-22(40)26(2)34(4)24(42)30(36,18(28)38)46-44-26;2-1(3)4/h5-12,17-20,31-32,37-38H,1-4H3;1H/t17-,18-,19+,20+,25-,26-,27+,28+,29-,30-;/m0./s1. The maximum Gasteiger partial charge on any atom is 0.264 e. The molecule has 0 aromatic heterocycles. The first-order valence-electron chi connectivity index (χ1n) is 15.6. The van der Waals surface area contributed by atoms with Crippen LogP contribution in [0, 0.1) is 0 Å². The van der Waals surface area contributed by atoms with Gasteiger partial charge in [-0.2, -0.15) is 0 Å². The highest BCUT2D eigenvalue weighted by Crippen LogP contribution is 2.78. The van der Waals surface area contributed by atoms with Gasteiger partial charge in [-0.1, -0.05) is 92.8 Å². The molecule has 10 atom stereocenters. The van der Waals surface area contributed by atoms with Crippen molar-refractivity contribution in [1.82, 2.24) is 19.6 Å². The first-order valence-corrected chi connectivity index (χ1v) is 21.2. The van der Waals surface area contributed by atoms with Gasteiger partial charge in [-0.25, -0.2) is 0 Å². The fourth-order valence-electron chi connectivity index (χ4n) is 9.79. The van der Waals surface area contributed by atoms with Crippen molar-refractivity contribution in [2.45, 2.75) is 73.0 Å². The number of aliphatic hydroxyl groups excluding tert-OH is 2. The second-order valence-corrected chi connectivity index (χ2v) is 21.2. The molecule has 2 aromatic rings. The van der Waals surface area contributed by atoms with Gasteiger partial charge in [0.1, 0.15) is 24.5 Å². The molecule has 2 spiro atoms. The van der Waals surface area contributed by atoms with Crippen LogP contribution in [-0.4, -0.2) is 116 Å². The molecule has 8 fully saturated rings. The zero-order valence-corrected chi connectivity index (χ0v) is 32.1. The molecule has 19 heteroatoms. The third-order valence-corrected chi connectivity index (χ3v) is 19.5. The summed E-state index contributed by atoms with van der Waals surface area (Å²) in [6.45, 7) is 3.42. The number of halogens is 3. The Morgan fingerprint density at radius 2 is 0.980 bits per heavy atom. The van der Waals surface area contributed by atoms with Gasteiger partial charge in [-0.3, -0.25) is 29.0 Å². The SMILES string of the molecule is CN1C(=O)[C@]23SS[C@@]1(C)C(=O)N2[C@H]1Nc2ccccc2[C@@]1([C@@]12c4ccccc4N[C@@H]1N1C(=O)[C@]4(C)SS[C@]1(C(=O)N4C)[C@H]2O)[C@@H]3O.ClC(Cl)Cl. The van der Waals surface area contributed by atoms with Gasteiger partial charge in [0.05, 0.1) is 10.8 Å². The molecule has 10 heterocycles. The largest absolute Gasteiger partial charge is 0.388 e. The Bertz CT molecular complexity index is 1830. The minimum atomic E-state index is -1.76. The lowest BCUT2D eigenvalue weighted by Crippen LogP contribution is -2.77. The fourth-order valence-corrected chi connectivity index (χ4v) is 16.9. The van der Waals surface area contributed by atoms with E-state index in [1.807, 2.05) is 48.5 Å². The number of rotatable bonds is 1. The first kappa shape index (κ1) is 33.9. The van der Waals surface area contributed by atoms with Crippen LogP contribution in [0.4, 0.5) is 11.4 Å². The highest BCUT2D eigenvalue weighted by atomic mass is 35.6. The van der Waals surface area contributed by atoms with E-state index in [1.165, 1.54) is 62.8 Å². The quantitative estimate of drug-likeness (QED) is 0.248. The molecule has 2 aromatic carbocycles.